The maximum absolute atomic E-state index is 13.1. The van der Waals surface area contributed by atoms with Crippen molar-refractivity contribution >= 4 is 21.6 Å². The van der Waals surface area contributed by atoms with Crippen molar-refractivity contribution in [2.45, 2.75) is 43.1 Å². The Morgan fingerprint density at radius 1 is 1.33 bits per heavy atom. The molecule has 10 heteroatoms. The SMILES string of the molecule is Cc1noc(C2(O)CCN(S(=O)(=O)c3ccc4c(c3)C(C)(C)C(=O)N4)C2)n1. The number of nitrogens with zero attached hydrogens (tertiary/aromatic N) is 3. The van der Waals surface area contributed by atoms with Crippen LogP contribution in [0.15, 0.2) is 27.6 Å². The quantitative estimate of drug-likeness (QED) is 0.794. The van der Waals surface area contributed by atoms with Crippen molar-refractivity contribution in [3.05, 3.63) is 35.5 Å². The van der Waals surface area contributed by atoms with Crippen LogP contribution in [0.1, 0.15) is 37.5 Å². The zero-order valence-electron chi connectivity index (χ0n) is 15.2. The Morgan fingerprint density at radius 2 is 2.07 bits per heavy atom. The van der Waals surface area contributed by atoms with E-state index in [-0.39, 0.29) is 36.2 Å². The van der Waals surface area contributed by atoms with Gasteiger partial charge in [-0.15, -0.1) is 0 Å². The molecule has 27 heavy (non-hydrogen) atoms. The normalized spacial score (nSPS) is 24.8. The highest BCUT2D eigenvalue weighted by Gasteiger charge is 2.47. The maximum atomic E-state index is 13.1. The van der Waals surface area contributed by atoms with E-state index in [2.05, 4.69) is 15.5 Å². The van der Waals surface area contributed by atoms with Gasteiger partial charge in [0.25, 0.3) is 5.89 Å². The van der Waals surface area contributed by atoms with Crippen LogP contribution in [0, 0.1) is 6.92 Å². The number of nitrogens with one attached hydrogen (secondary N) is 1. The van der Waals surface area contributed by atoms with Crippen LogP contribution in [0.3, 0.4) is 0 Å². The third-order valence-corrected chi connectivity index (χ3v) is 7.10. The second-order valence-electron chi connectivity index (χ2n) is 7.55. The zero-order valence-corrected chi connectivity index (χ0v) is 16.0. The summed E-state index contributed by atoms with van der Waals surface area (Å²) < 4.78 is 32.4. The molecule has 1 atom stereocenters. The summed E-state index contributed by atoms with van der Waals surface area (Å²) in [7, 11) is -3.86. The van der Waals surface area contributed by atoms with Gasteiger partial charge in [0, 0.05) is 18.7 Å². The molecule has 0 saturated carbocycles. The van der Waals surface area contributed by atoms with Gasteiger partial charge in [0.2, 0.25) is 15.9 Å². The average Bonchev–Trinajstić information content (AvgIpc) is 3.27. The first-order valence-corrected chi connectivity index (χ1v) is 9.97. The molecule has 2 aliphatic rings. The monoisotopic (exact) mass is 392 g/mol. The highest BCUT2D eigenvalue weighted by molar-refractivity contribution is 7.89. The lowest BCUT2D eigenvalue weighted by atomic mass is 9.86. The molecule has 1 aromatic heterocycles. The van der Waals surface area contributed by atoms with Crippen LogP contribution in [0.4, 0.5) is 5.69 Å². The number of aryl methyl sites for hydroxylation is 1. The lowest BCUT2D eigenvalue weighted by Gasteiger charge is -2.21. The number of carbonyl (C=O) groups is 1. The van der Waals surface area contributed by atoms with Gasteiger partial charge in [-0.3, -0.25) is 4.79 Å². The number of sulfonamides is 1. The fraction of sp³-hybridized carbons (Fsp3) is 0.471. The first-order chi connectivity index (χ1) is 12.5. The summed E-state index contributed by atoms with van der Waals surface area (Å²) in [6.07, 6.45) is 0.157. The van der Waals surface area contributed by atoms with E-state index in [1.165, 1.54) is 16.4 Å². The van der Waals surface area contributed by atoms with Crippen LogP contribution >= 0.6 is 0 Å². The van der Waals surface area contributed by atoms with E-state index in [1.54, 1.807) is 26.8 Å². The maximum Gasteiger partial charge on any atom is 0.260 e. The first-order valence-electron chi connectivity index (χ1n) is 8.53. The number of fused-ring (bicyclic) bond motifs is 1. The van der Waals surface area contributed by atoms with E-state index in [4.69, 9.17) is 4.52 Å². The van der Waals surface area contributed by atoms with Crippen molar-refractivity contribution in [2.24, 2.45) is 0 Å². The van der Waals surface area contributed by atoms with E-state index in [1.807, 2.05) is 0 Å². The van der Waals surface area contributed by atoms with Crippen molar-refractivity contribution in [1.82, 2.24) is 14.4 Å². The molecular formula is C17H20N4O5S. The number of benzene rings is 1. The molecule has 4 rings (SSSR count). The lowest BCUT2D eigenvalue weighted by molar-refractivity contribution is -0.119. The predicted molar refractivity (Wildman–Crippen MR) is 94.4 cm³/mol. The van der Waals surface area contributed by atoms with Crippen molar-refractivity contribution < 1.29 is 22.8 Å². The highest BCUT2D eigenvalue weighted by Crippen LogP contribution is 2.40. The second-order valence-corrected chi connectivity index (χ2v) is 9.49. The number of aliphatic hydroxyl groups is 1. The van der Waals surface area contributed by atoms with Crippen molar-refractivity contribution in [3.63, 3.8) is 0 Å². The summed E-state index contributed by atoms with van der Waals surface area (Å²) in [6, 6.07) is 4.58. The third kappa shape index (κ3) is 2.67. The fourth-order valence-electron chi connectivity index (χ4n) is 3.49. The number of rotatable bonds is 3. The summed E-state index contributed by atoms with van der Waals surface area (Å²) in [4.78, 5) is 16.2. The van der Waals surface area contributed by atoms with E-state index in [0.717, 1.165) is 0 Å². The van der Waals surface area contributed by atoms with Gasteiger partial charge >= 0.3 is 0 Å². The van der Waals surface area contributed by atoms with Gasteiger partial charge in [-0.25, -0.2) is 8.42 Å². The number of β-amino-alcohol motifs (C(OH)–C–C–N with tert-alkyl or cyclic N) is 1. The van der Waals surface area contributed by atoms with Crippen LogP contribution in [0.2, 0.25) is 0 Å². The van der Waals surface area contributed by atoms with Gasteiger partial charge in [-0.05, 0) is 44.5 Å². The van der Waals surface area contributed by atoms with E-state index < -0.39 is 21.0 Å². The van der Waals surface area contributed by atoms with Gasteiger partial charge in [0.1, 0.15) is 0 Å². The van der Waals surface area contributed by atoms with Gasteiger partial charge < -0.3 is 14.9 Å². The average molecular weight is 392 g/mol. The number of hydrogen-bond donors (Lipinski definition) is 2. The Bertz CT molecular complexity index is 1050. The minimum absolute atomic E-state index is 0.0163. The molecule has 0 radical (unpaired) electrons. The molecule has 1 aromatic carbocycles. The Hall–Kier alpha value is -2.30. The van der Waals surface area contributed by atoms with Crippen LogP contribution < -0.4 is 5.32 Å². The van der Waals surface area contributed by atoms with E-state index >= 15 is 0 Å². The Balaban J connectivity index is 1.66. The molecule has 1 unspecified atom stereocenters. The minimum Gasteiger partial charge on any atom is -0.379 e. The predicted octanol–water partition coefficient (Wildman–Crippen LogP) is 0.890. The van der Waals surface area contributed by atoms with Crippen molar-refractivity contribution in [1.29, 1.82) is 0 Å². The smallest absolute Gasteiger partial charge is 0.260 e. The zero-order chi connectivity index (χ0) is 19.6. The topological polar surface area (TPSA) is 126 Å². The Morgan fingerprint density at radius 3 is 2.74 bits per heavy atom. The summed E-state index contributed by atoms with van der Waals surface area (Å²) in [6.45, 7) is 5.07. The Labute approximate surface area is 156 Å². The molecule has 0 spiro atoms. The largest absolute Gasteiger partial charge is 0.379 e. The molecular weight excluding hydrogens is 372 g/mol. The van der Waals surface area contributed by atoms with Crippen LogP contribution in [-0.4, -0.2) is 47.0 Å². The molecule has 2 aromatic rings. The number of aromatic nitrogens is 2. The molecule has 9 nitrogen and oxygen atoms in total. The molecule has 3 heterocycles. The van der Waals surface area contributed by atoms with Gasteiger partial charge in [-0.2, -0.15) is 9.29 Å². The molecule has 144 valence electrons. The standard InChI is InChI=1S/C17H20N4O5S/c1-10-18-15(26-20-10)17(23)6-7-21(9-17)27(24,25)11-4-5-13-12(8-11)16(2,3)14(22)19-13/h4-5,8,23H,6-7,9H2,1-3H3,(H,19,22). The summed E-state index contributed by atoms with van der Waals surface area (Å²) in [5.74, 6) is 0.217. The summed E-state index contributed by atoms with van der Waals surface area (Å²) in [5.41, 5.74) is -1.07. The Kier molecular flexibility index (Phi) is 3.75. The van der Waals surface area contributed by atoms with Crippen molar-refractivity contribution in [2.75, 3.05) is 18.4 Å². The summed E-state index contributed by atoms with van der Waals surface area (Å²) >= 11 is 0. The molecule has 2 aliphatic heterocycles. The third-order valence-electron chi connectivity index (χ3n) is 5.26. The highest BCUT2D eigenvalue weighted by atomic mass is 32.2. The fourth-order valence-corrected chi connectivity index (χ4v) is 5.01. The second kappa shape index (κ2) is 5.60. The van der Waals surface area contributed by atoms with Gasteiger partial charge in [-0.1, -0.05) is 5.16 Å². The lowest BCUT2D eigenvalue weighted by Crippen LogP contribution is -2.34. The molecule has 2 N–H and O–H groups in total. The molecule has 0 aliphatic carbocycles. The molecule has 0 bridgehead atoms. The number of carbonyl (C=O) groups excluding carboxylic acids is 1. The van der Waals surface area contributed by atoms with Crippen LogP contribution in [0.5, 0.6) is 0 Å². The minimum atomic E-state index is -3.86. The number of amides is 1. The van der Waals surface area contributed by atoms with Gasteiger partial charge in [0.15, 0.2) is 11.4 Å². The number of anilines is 1. The van der Waals surface area contributed by atoms with Crippen molar-refractivity contribution in [3.8, 4) is 0 Å². The van der Waals surface area contributed by atoms with Gasteiger partial charge in [0.05, 0.1) is 16.9 Å². The first kappa shape index (κ1) is 18.1. The summed E-state index contributed by atoms with van der Waals surface area (Å²) in [5, 5.41) is 17.2. The van der Waals surface area contributed by atoms with E-state index in [0.29, 0.717) is 17.1 Å². The molecule has 1 amide bonds. The van der Waals surface area contributed by atoms with Crippen LogP contribution in [0.25, 0.3) is 0 Å². The molecule has 1 saturated heterocycles. The molecule has 1 fully saturated rings. The number of hydrogen-bond acceptors (Lipinski definition) is 7. The van der Waals surface area contributed by atoms with Crippen LogP contribution in [-0.2, 0) is 25.8 Å². The van der Waals surface area contributed by atoms with E-state index in [9.17, 15) is 18.3 Å².